The fourth-order valence-corrected chi connectivity index (χ4v) is 4.74. The Kier molecular flexibility index (Phi) is 3.69. The lowest BCUT2D eigenvalue weighted by Crippen LogP contribution is -2.37. The number of nitrogens with zero attached hydrogens (tertiary/aromatic N) is 2. The molecule has 0 bridgehead atoms. The molecule has 1 aliphatic rings. The first-order valence-corrected chi connectivity index (χ1v) is 8.46. The van der Waals surface area contributed by atoms with Gasteiger partial charge in [-0.2, -0.15) is 4.31 Å². The fraction of sp³-hybridized carbons (Fsp3) is 0.400. The highest BCUT2D eigenvalue weighted by molar-refractivity contribution is 7.89. The lowest BCUT2D eigenvalue weighted by molar-refractivity contribution is 0.213. The Morgan fingerprint density at radius 3 is 3.00 bits per heavy atom. The molecular formula is C15H18N2O3S. The maximum atomic E-state index is 12.9. The van der Waals surface area contributed by atoms with Crippen LogP contribution in [-0.2, 0) is 10.0 Å². The van der Waals surface area contributed by atoms with E-state index in [0.717, 1.165) is 17.4 Å². The van der Waals surface area contributed by atoms with Gasteiger partial charge in [0.2, 0.25) is 10.0 Å². The number of sulfonamides is 1. The summed E-state index contributed by atoms with van der Waals surface area (Å²) >= 11 is 0. The SMILES string of the molecule is Cc1cnc2c(S(=O)(=O)N3CCCC3CO)cccc2c1. The molecular weight excluding hydrogens is 288 g/mol. The molecule has 1 aliphatic heterocycles. The molecule has 0 aliphatic carbocycles. The van der Waals surface area contributed by atoms with E-state index >= 15 is 0 Å². The van der Waals surface area contributed by atoms with Crippen LogP contribution in [0.5, 0.6) is 0 Å². The van der Waals surface area contributed by atoms with Gasteiger partial charge < -0.3 is 5.11 Å². The van der Waals surface area contributed by atoms with Gasteiger partial charge in [-0.15, -0.1) is 0 Å². The fourth-order valence-electron chi connectivity index (χ4n) is 2.89. The first kappa shape index (κ1) is 14.4. The number of pyridine rings is 1. The molecule has 1 N–H and O–H groups in total. The van der Waals surface area contributed by atoms with E-state index in [2.05, 4.69) is 4.98 Å². The largest absolute Gasteiger partial charge is 0.395 e. The topological polar surface area (TPSA) is 70.5 Å². The van der Waals surface area contributed by atoms with E-state index in [1.165, 1.54) is 4.31 Å². The molecule has 1 fully saturated rings. The first-order chi connectivity index (χ1) is 10.0. The van der Waals surface area contributed by atoms with E-state index in [0.29, 0.717) is 18.5 Å². The van der Waals surface area contributed by atoms with Crippen LogP contribution in [0.1, 0.15) is 18.4 Å². The summed E-state index contributed by atoms with van der Waals surface area (Å²) in [7, 11) is -3.63. The van der Waals surface area contributed by atoms with Crippen LogP contribution >= 0.6 is 0 Å². The molecule has 6 heteroatoms. The molecule has 1 saturated heterocycles. The zero-order valence-corrected chi connectivity index (χ0v) is 12.7. The summed E-state index contributed by atoms with van der Waals surface area (Å²) in [5.74, 6) is 0. The van der Waals surface area contributed by atoms with Gasteiger partial charge in [-0.25, -0.2) is 8.42 Å². The van der Waals surface area contributed by atoms with Crippen molar-refractivity contribution in [2.45, 2.75) is 30.7 Å². The van der Waals surface area contributed by atoms with Crippen LogP contribution in [0.4, 0.5) is 0 Å². The van der Waals surface area contributed by atoms with Crippen molar-refractivity contribution in [1.82, 2.24) is 9.29 Å². The van der Waals surface area contributed by atoms with Crippen LogP contribution in [0.3, 0.4) is 0 Å². The second-order valence-corrected chi connectivity index (χ2v) is 7.29. The Morgan fingerprint density at radius 1 is 1.43 bits per heavy atom. The Morgan fingerprint density at radius 2 is 2.24 bits per heavy atom. The van der Waals surface area contributed by atoms with Crippen molar-refractivity contribution in [3.63, 3.8) is 0 Å². The summed E-state index contributed by atoms with van der Waals surface area (Å²) in [6.45, 7) is 2.24. The number of fused-ring (bicyclic) bond motifs is 1. The van der Waals surface area contributed by atoms with Crippen molar-refractivity contribution < 1.29 is 13.5 Å². The molecule has 1 aromatic carbocycles. The Hall–Kier alpha value is -1.50. The summed E-state index contributed by atoms with van der Waals surface area (Å²) in [5, 5.41) is 10.2. The Labute approximate surface area is 124 Å². The van der Waals surface area contributed by atoms with Crippen molar-refractivity contribution in [2.24, 2.45) is 0 Å². The second kappa shape index (κ2) is 5.36. The molecule has 0 radical (unpaired) electrons. The van der Waals surface area contributed by atoms with E-state index in [1.54, 1.807) is 18.3 Å². The number of para-hydroxylation sites is 1. The lowest BCUT2D eigenvalue weighted by atomic mass is 10.2. The van der Waals surface area contributed by atoms with Crippen molar-refractivity contribution >= 4 is 20.9 Å². The van der Waals surface area contributed by atoms with Crippen molar-refractivity contribution in [1.29, 1.82) is 0 Å². The molecule has 2 heterocycles. The number of rotatable bonds is 3. The third-order valence-electron chi connectivity index (χ3n) is 3.93. The number of hydrogen-bond acceptors (Lipinski definition) is 4. The van der Waals surface area contributed by atoms with E-state index in [9.17, 15) is 13.5 Å². The van der Waals surface area contributed by atoms with Gasteiger partial charge in [-0.3, -0.25) is 4.98 Å². The van der Waals surface area contributed by atoms with E-state index in [1.807, 2.05) is 19.1 Å². The lowest BCUT2D eigenvalue weighted by Gasteiger charge is -2.22. The van der Waals surface area contributed by atoms with Gasteiger partial charge in [0.15, 0.2) is 0 Å². The monoisotopic (exact) mass is 306 g/mol. The molecule has 0 spiro atoms. The van der Waals surface area contributed by atoms with Crippen LogP contribution in [0.15, 0.2) is 35.4 Å². The minimum Gasteiger partial charge on any atom is -0.395 e. The smallest absolute Gasteiger partial charge is 0.245 e. The molecule has 5 nitrogen and oxygen atoms in total. The maximum absolute atomic E-state index is 12.9. The molecule has 21 heavy (non-hydrogen) atoms. The molecule has 0 saturated carbocycles. The number of aliphatic hydroxyl groups is 1. The normalized spacial score (nSPS) is 20.2. The number of aliphatic hydroxyl groups excluding tert-OH is 1. The van der Waals surface area contributed by atoms with Gasteiger partial charge in [0.1, 0.15) is 4.90 Å². The van der Waals surface area contributed by atoms with Gasteiger partial charge in [0.05, 0.1) is 12.1 Å². The highest BCUT2D eigenvalue weighted by Gasteiger charge is 2.35. The van der Waals surface area contributed by atoms with Gasteiger partial charge in [0, 0.05) is 24.2 Å². The molecule has 1 atom stereocenters. The van der Waals surface area contributed by atoms with Crippen LogP contribution < -0.4 is 0 Å². The average Bonchev–Trinajstić information content (AvgIpc) is 2.95. The van der Waals surface area contributed by atoms with Crippen LogP contribution in [-0.4, -0.2) is 42.0 Å². The number of aryl methyl sites for hydroxylation is 1. The summed E-state index contributed by atoms with van der Waals surface area (Å²) in [5.41, 5.74) is 1.48. The molecule has 1 unspecified atom stereocenters. The third-order valence-corrected chi connectivity index (χ3v) is 5.91. The third kappa shape index (κ3) is 2.43. The van der Waals surface area contributed by atoms with Gasteiger partial charge >= 0.3 is 0 Å². The highest BCUT2D eigenvalue weighted by atomic mass is 32.2. The van der Waals surface area contributed by atoms with Gasteiger partial charge in [0.25, 0.3) is 0 Å². The zero-order chi connectivity index (χ0) is 15.0. The summed E-state index contributed by atoms with van der Waals surface area (Å²) < 4.78 is 27.2. The first-order valence-electron chi connectivity index (χ1n) is 7.02. The van der Waals surface area contributed by atoms with Gasteiger partial charge in [-0.1, -0.05) is 12.1 Å². The predicted molar refractivity (Wildman–Crippen MR) is 80.5 cm³/mol. The van der Waals surface area contributed by atoms with Crippen LogP contribution in [0, 0.1) is 6.92 Å². The van der Waals surface area contributed by atoms with E-state index < -0.39 is 10.0 Å². The minimum absolute atomic E-state index is 0.142. The average molecular weight is 306 g/mol. The Balaban J connectivity index is 2.15. The zero-order valence-electron chi connectivity index (χ0n) is 11.9. The highest BCUT2D eigenvalue weighted by Crippen LogP contribution is 2.29. The number of benzene rings is 1. The van der Waals surface area contributed by atoms with Gasteiger partial charge in [-0.05, 0) is 37.5 Å². The number of aromatic nitrogens is 1. The van der Waals surface area contributed by atoms with Crippen LogP contribution in [0.25, 0.3) is 10.9 Å². The van der Waals surface area contributed by atoms with Crippen molar-refractivity contribution in [2.75, 3.05) is 13.2 Å². The molecule has 112 valence electrons. The Bertz CT molecular complexity index is 774. The summed E-state index contributed by atoms with van der Waals surface area (Å²) in [4.78, 5) is 4.52. The van der Waals surface area contributed by atoms with Crippen molar-refractivity contribution in [3.8, 4) is 0 Å². The predicted octanol–water partition coefficient (Wildman–Crippen LogP) is 1.69. The second-order valence-electron chi connectivity index (χ2n) is 5.43. The molecule has 0 amide bonds. The molecule has 2 aromatic rings. The van der Waals surface area contributed by atoms with Crippen molar-refractivity contribution in [3.05, 3.63) is 36.0 Å². The standard InChI is InChI=1S/C15H18N2O3S/c1-11-8-12-4-2-6-14(15(12)16-9-11)21(19,20)17-7-3-5-13(17)10-18/h2,4,6,8-9,13,18H,3,5,7,10H2,1H3. The maximum Gasteiger partial charge on any atom is 0.245 e. The minimum atomic E-state index is -3.63. The van der Waals surface area contributed by atoms with E-state index in [-0.39, 0.29) is 17.5 Å². The molecule has 3 rings (SSSR count). The summed E-state index contributed by atoms with van der Waals surface area (Å²) in [6, 6.07) is 6.79. The summed E-state index contributed by atoms with van der Waals surface area (Å²) in [6.07, 6.45) is 3.16. The van der Waals surface area contributed by atoms with Crippen LogP contribution in [0.2, 0.25) is 0 Å². The number of hydrogen-bond donors (Lipinski definition) is 1. The molecule has 1 aromatic heterocycles. The van der Waals surface area contributed by atoms with E-state index in [4.69, 9.17) is 0 Å². The quantitative estimate of drug-likeness (QED) is 0.937.